The molecule has 1 aromatic carbocycles. The summed E-state index contributed by atoms with van der Waals surface area (Å²) >= 11 is 0. The third-order valence-corrected chi connectivity index (χ3v) is 6.27. The van der Waals surface area contributed by atoms with Gasteiger partial charge in [0.05, 0.1) is 20.2 Å². The summed E-state index contributed by atoms with van der Waals surface area (Å²) in [5, 5.41) is 0.915. The van der Waals surface area contributed by atoms with Crippen molar-refractivity contribution in [2.24, 2.45) is 5.92 Å². The molecule has 2 aromatic heterocycles. The van der Waals surface area contributed by atoms with Crippen LogP contribution in [-0.4, -0.2) is 42.1 Å². The van der Waals surface area contributed by atoms with Crippen molar-refractivity contribution in [2.75, 3.05) is 26.7 Å². The van der Waals surface area contributed by atoms with Gasteiger partial charge >= 0.3 is 0 Å². The minimum atomic E-state index is 0.0967. The molecule has 6 nitrogen and oxygen atoms in total. The van der Waals surface area contributed by atoms with Crippen molar-refractivity contribution in [3.63, 3.8) is 0 Å². The van der Waals surface area contributed by atoms with Crippen molar-refractivity contribution >= 4 is 16.7 Å². The number of quaternary nitrogens is 1. The van der Waals surface area contributed by atoms with Gasteiger partial charge in [0.2, 0.25) is 5.78 Å². The Morgan fingerprint density at radius 2 is 2.18 bits per heavy atom. The van der Waals surface area contributed by atoms with Crippen LogP contribution >= 0.6 is 0 Å². The Hall–Kier alpha value is -2.86. The number of pyridine rings is 1. The van der Waals surface area contributed by atoms with Gasteiger partial charge in [-0.05, 0) is 30.7 Å². The number of aromatic nitrogens is 2. The van der Waals surface area contributed by atoms with E-state index in [0.29, 0.717) is 18.4 Å². The normalized spacial score (nSPS) is 23.4. The standard InChI is InChI=1S/C22H23N3O3/c1-28-16-5-6-19-17(8-16)18(9-23-19)21(26)13-24-10-14-7-15(12-24)20-3-2-4-22(27)25(20)11-14/h2-6,8-9,14-15,23H,7,10-13H2,1H3/p+1/t14-,15-/m1/s1. The summed E-state index contributed by atoms with van der Waals surface area (Å²) in [4.78, 5) is 29.7. The highest BCUT2D eigenvalue weighted by atomic mass is 16.5. The van der Waals surface area contributed by atoms with Crippen molar-refractivity contribution < 1.29 is 14.4 Å². The fourth-order valence-electron chi connectivity index (χ4n) is 5.04. The Bertz CT molecular complexity index is 1110. The molecule has 3 aromatic rings. The van der Waals surface area contributed by atoms with Gasteiger partial charge in [-0.25, -0.2) is 0 Å². The molecule has 28 heavy (non-hydrogen) atoms. The number of nitrogens with zero attached hydrogens (tertiary/aromatic N) is 1. The van der Waals surface area contributed by atoms with Gasteiger partial charge in [-0.15, -0.1) is 0 Å². The van der Waals surface area contributed by atoms with Gasteiger partial charge in [0, 0.05) is 52.8 Å². The van der Waals surface area contributed by atoms with Crippen LogP contribution in [-0.2, 0) is 6.54 Å². The predicted molar refractivity (Wildman–Crippen MR) is 106 cm³/mol. The van der Waals surface area contributed by atoms with Crippen LogP contribution in [0.5, 0.6) is 5.75 Å². The van der Waals surface area contributed by atoms with Crippen LogP contribution in [0.15, 0.2) is 47.4 Å². The van der Waals surface area contributed by atoms with Crippen molar-refractivity contribution in [3.05, 3.63) is 64.2 Å². The monoisotopic (exact) mass is 378 g/mol. The molecule has 2 aliphatic rings. The van der Waals surface area contributed by atoms with Gasteiger partial charge in [-0.1, -0.05) is 6.07 Å². The lowest BCUT2D eigenvalue weighted by atomic mass is 9.83. The number of Topliss-reactive ketones (excluding diaryl/α,β-unsaturated/α-hetero) is 1. The van der Waals surface area contributed by atoms with E-state index < -0.39 is 0 Å². The summed E-state index contributed by atoms with van der Waals surface area (Å²) in [5.74, 6) is 1.72. The first-order chi connectivity index (χ1) is 13.6. The minimum Gasteiger partial charge on any atom is -0.497 e. The molecule has 2 bridgehead atoms. The molecule has 1 unspecified atom stereocenters. The van der Waals surface area contributed by atoms with Crippen molar-refractivity contribution in [3.8, 4) is 5.75 Å². The molecule has 5 rings (SSSR count). The lowest BCUT2D eigenvalue weighted by molar-refractivity contribution is -0.902. The van der Waals surface area contributed by atoms with Crippen LogP contribution in [0.4, 0.5) is 0 Å². The van der Waals surface area contributed by atoms with Crippen molar-refractivity contribution in [2.45, 2.75) is 18.9 Å². The molecule has 1 fully saturated rings. The van der Waals surface area contributed by atoms with Crippen LogP contribution in [0.25, 0.3) is 10.9 Å². The quantitative estimate of drug-likeness (QED) is 0.671. The number of ether oxygens (including phenoxy) is 1. The highest BCUT2D eigenvalue weighted by Crippen LogP contribution is 2.30. The fourth-order valence-corrected chi connectivity index (χ4v) is 5.04. The van der Waals surface area contributed by atoms with E-state index in [2.05, 4.69) is 11.1 Å². The van der Waals surface area contributed by atoms with Gasteiger partial charge in [0.15, 0.2) is 0 Å². The summed E-state index contributed by atoms with van der Waals surface area (Å²) < 4.78 is 7.25. The van der Waals surface area contributed by atoms with Crippen molar-refractivity contribution in [1.82, 2.24) is 9.55 Å². The maximum Gasteiger partial charge on any atom is 0.250 e. The molecule has 0 spiro atoms. The van der Waals surface area contributed by atoms with E-state index in [9.17, 15) is 9.59 Å². The van der Waals surface area contributed by atoms with Gasteiger partial charge in [0.25, 0.3) is 5.56 Å². The Morgan fingerprint density at radius 1 is 1.29 bits per heavy atom. The molecule has 0 aliphatic carbocycles. The summed E-state index contributed by atoms with van der Waals surface area (Å²) in [6, 6.07) is 11.3. The van der Waals surface area contributed by atoms with Gasteiger partial charge in [0.1, 0.15) is 12.3 Å². The smallest absolute Gasteiger partial charge is 0.250 e. The number of carbonyl (C=O) groups is 1. The largest absolute Gasteiger partial charge is 0.497 e. The van der Waals surface area contributed by atoms with E-state index in [0.717, 1.165) is 54.0 Å². The molecule has 1 saturated heterocycles. The van der Waals surface area contributed by atoms with Crippen LogP contribution in [0.1, 0.15) is 28.4 Å². The van der Waals surface area contributed by atoms with Gasteiger partial charge in [-0.3, -0.25) is 9.59 Å². The number of aromatic amines is 1. The molecule has 4 heterocycles. The number of carbonyl (C=O) groups excluding carboxylic acids is 1. The lowest BCUT2D eigenvalue weighted by Crippen LogP contribution is -3.15. The summed E-state index contributed by atoms with van der Waals surface area (Å²) in [6.07, 6.45) is 2.93. The Kier molecular flexibility index (Phi) is 4.09. The van der Waals surface area contributed by atoms with Crippen LogP contribution in [0.2, 0.25) is 0 Å². The Balaban J connectivity index is 1.38. The molecule has 6 heteroatoms. The molecule has 0 amide bonds. The number of H-pyrrole nitrogens is 1. The first kappa shape index (κ1) is 17.3. The summed E-state index contributed by atoms with van der Waals surface area (Å²) in [6.45, 7) is 3.09. The van der Waals surface area contributed by atoms with Crippen LogP contribution in [0.3, 0.4) is 0 Å². The third-order valence-electron chi connectivity index (χ3n) is 6.27. The minimum absolute atomic E-state index is 0.0967. The number of hydrogen-bond donors (Lipinski definition) is 2. The zero-order chi connectivity index (χ0) is 19.3. The lowest BCUT2D eigenvalue weighted by Gasteiger charge is -2.40. The van der Waals surface area contributed by atoms with E-state index in [1.807, 2.05) is 35.0 Å². The maximum atomic E-state index is 13.1. The average Bonchev–Trinajstić information content (AvgIpc) is 3.12. The third kappa shape index (κ3) is 2.85. The number of hydrogen-bond acceptors (Lipinski definition) is 3. The number of ketones is 1. The molecule has 3 atom stereocenters. The van der Waals surface area contributed by atoms with Crippen LogP contribution < -0.4 is 15.2 Å². The van der Waals surface area contributed by atoms with Crippen LogP contribution in [0, 0.1) is 5.92 Å². The van der Waals surface area contributed by atoms with E-state index in [1.54, 1.807) is 13.2 Å². The Labute approximate surface area is 162 Å². The molecule has 2 N–H and O–H groups in total. The van der Waals surface area contributed by atoms with Crippen molar-refractivity contribution in [1.29, 1.82) is 0 Å². The zero-order valence-electron chi connectivity index (χ0n) is 15.9. The van der Waals surface area contributed by atoms with E-state index in [4.69, 9.17) is 4.74 Å². The topological polar surface area (TPSA) is 68.5 Å². The number of rotatable bonds is 4. The van der Waals surface area contributed by atoms with E-state index >= 15 is 0 Å². The molecule has 0 saturated carbocycles. The molecule has 144 valence electrons. The number of fused-ring (bicyclic) bond motifs is 5. The average molecular weight is 378 g/mol. The highest BCUT2D eigenvalue weighted by molar-refractivity contribution is 6.08. The highest BCUT2D eigenvalue weighted by Gasteiger charge is 2.37. The molecular weight excluding hydrogens is 354 g/mol. The number of nitrogens with one attached hydrogen (secondary N) is 2. The van der Waals surface area contributed by atoms with Gasteiger partial charge in [-0.2, -0.15) is 0 Å². The Morgan fingerprint density at radius 3 is 3.04 bits per heavy atom. The summed E-state index contributed by atoms with van der Waals surface area (Å²) in [7, 11) is 1.63. The van der Waals surface area contributed by atoms with E-state index in [-0.39, 0.29) is 11.3 Å². The number of likely N-dealkylation sites (tertiary alicyclic amines) is 1. The van der Waals surface area contributed by atoms with Gasteiger partial charge < -0.3 is 19.2 Å². The second-order valence-corrected chi connectivity index (χ2v) is 8.07. The molecule has 0 radical (unpaired) electrons. The second kappa shape index (κ2) is 6.63. The predicted octanol–water partition coefficient (Wildman–Crippen LogP) is 1.22. The zero-order valence-corrected chi connectivity index (χ0v) is 15.9. The van der Waals surface area contributed by atoms with E-state index in [1.165, 1.54) is 4.90 Å². The maximum absolute atomic E-state index is 13.1. The first-order valence-corrected chi connectivity index (χ1v) is 9.84. The number of benzene rings is 1. The fraction of sp³-hybridized carbons (Fsp3) is 0.364. The SMILES string of the molecule is COc1ccc2[nH]cc(C(=O)C[NH+]3C[C@H]4C[C@H](C3)c3cccc(=O)n3C4)c2c1. The second-order valence-electron chi connectivity index (χ2n) is 8.07. The molecular formula is C22H24N3O3+. The first-order valence-electron chi connectivity index (χ1n) is 9.84. The number of methoxy groups -OCH3 is 1. The molecule has 2 aliphatic heterocycles. The summed E-state index contributed by atoms with van der Waals surface area (Å²) in [5.41, 5.74) is 2.90. The number of piperidine rings is 1.